The van der Waals surface area contributed by atoms with E-state index in [9.17, 15) is 8.42 Å². The van der Waals surface area contributed by atoms with Crippen LogP contribution >= 0.6 is 0 Å². The number of rotatable bonds is 6. The van der Waals surface area contributed by atoms with E-state index in [1.165, 1.54) is 4.31 Å². The minimum atomic E-state index is -3.54. The van der Waals surface area contributed by atoms with E-state index in [0.29, 0.717) is 43.6 Å². The number of fused-ring (bicyclic) bond motifs is 1. The molecule has 0 radical (unpaired) electrons. The summed E-state index contributed by atoms with van der Waals surface area (Å²) in [5.41, 5.74) is 0.830. The van der Waals surface area contributed by atoms with Crippen LogP contribution in [-0.4, -0.2) is 68.0 Å². The fraction of sp³-hybridized carbons (Fsp3) is 0.364. The molecule has 3 aromatic rings. The van der Waals surface area contributed by atoms with Crippen LogP contribution in [0.25, 0.3) is 10.9 Å². The van der Waals surface area contributed by atoms with Crippen molar-refractivity contribution in [1.82, 2.24) is 19.2 Å². The first-order chi connectivity index (χ1) is 14.9. The molecule has 8 nitrogen and oxygen atoms in total. The van der Waals surface area contributed by atoms with Crippen LogP contribution in [-0.2, 0) is 10.0 Å². The molecule has 0 saturated carbocycles. The molecule has 1 saturated heterocycles. The van der Waals surface area contributed by atoms with E-state index in [-0.39, 0.29) is 10.9 Å². The third-order valence-electron chi connectivity index (χ3n) is 5.67. The highest BCUT2D eigenvalue weighted by atomic mass is 32.2. The maximum Gasteiger partial charge on any atom is 0.243 e. The maximum absolute atomic E-state index is 13.0. The number of piperazine rings is 1. The molecule has 1 atom stereocenters. The molecule has 1 aromatic heterocycles. The minimum Gasteiger partial charge on any atom is -0.497 e. The Hall–Kier alpha value is -2.75. The molecule has 31 heavy (non-hydrogen) atoms. The predicted octanol–water partition coefficient (Wildman–Crippen LogP) is 2.71. The van der Waals surface area contributed by atoms with Crippen LogP contribution in [0.1, 0.15) is 18.8 Å². The number of para-hydroxylation sites is 1. The molecule has 4 rings (SSSR count). The van der Waals surface area contributed by atoms with E-state index in [4.69, 9.17) is 14.5 Å². The van der Waals surface area contributed by atoms with Crippen molar-refractivity contribution in [3.8, 4) is 11.6 Å². The molecular formula is C22H26N4O4S. The lowest BCUT2D eigenvalue weighted by atomic mass is 10.2. The summed E-state index contributed by atoms with van der Waals surface area (Å²) in [4.78, 5) is 11.8. The van der Waals surface area contributed by atoms with Crippen LogP contribution in [0.15, 0.2) is 53.4 Å². The van der Waals surface area contributed by atoms with E-state index < -0.39 is 10.0 Å². The topological polar surface area (TPSA) is 84.9 Å². The fourth-order valence-corrected chi connectivity index (χ4v) is 5.22. The molecule has 1 fully saturated rings. The summed E-state index contributed by atoms with van der Waals surface area (Å²) in [7, 11) is -0.383. The monoisotopic (exact) mass is 442 g/mol. The molecule has 1 aliphatic heterocycles. The molecule has 9 heteroatoms. The number of benzene rings is 2. The fourth-order valence-electron chi connectivity index (χ4n) is 3.80. The van der Waals surface area contributed by atoms with Gasteiger partial charge in [-0.25, -0.2) is 13.4 Å². The zero-order valence-corrected chi connectivity index (χ0v) is 18.7. The van der Waals surface area contributed by atoms with Gasteiger partial charge in [0.2, 0.25) is 15.9 Å². The molecule has 0 N–H and O–H groups in total. The number of methoxy groups -OCH3 is 2. The summed E-state index contributed by atoms with van der Waals surface area (Å²) < 4.78 is 38.1. The Bertz CT molecular complexity index is 1160. The predicted molar refractivity (Wildman–Crippen MR) is 118 cm³/mol. The molecule has 164 valence electrons. The van der Waals surface area contributed by atoms with Crippen molar-refractivity contribution in [1.29, 1.82) is 0 Å². The molecule has 1 aliphatic rings. The van der Waals surface area contributed by atoms with E-state index in [2.05, 4.69) is 9.88 Å². The number of sulfonamides is 1. The van der Waals surface area contributed by atoms with Crippen molar-refractivity contribution in [3.63, 3.8) is 0 Å². The largest absolute Gasteiger partial charge is 0.497 e. The van der Waals surface area contributed by atoms with E-state index in [1.54, 1.807) is 38.5 Å². The molecule has 0 spiro atoms. The van der Waals surface area contributed by atoms with Gasteiger partial charge in [-0.1, -0.05) is 12.1 Å². The van der Waals surface area contributed by atoms with Gasteiger partial charge in [0.05, 0.1) is 36.1 Å². The van der Waals surface area contributed by atoms with Gasteiger partial charge in [0.25, 0.3) is 0 Å². The third-order valence-corrected chi connectivity index (χ3v) is 7.58. The van der Waals surface area contributed by atoms with Gasteiger partial charge in [0.1, 0.15) is 11.6 Å². The van der Waals surface area contributed by atoms with Gasteiger partial charge in [-0.15, -0.1) is 0 Å². The Balaban J connectivity index is 1.49. The lowest BCUT2D eigenvalue weighted by molar-refractivity contribution is 0.141. The van der Waals surface area contributed by atoms with Gasteiger partial charge in [-0.2, -0.15) is 9.29 Å². The van der Waals surface area contributed by atoms with E-state index in [0.717, 1.165) is 10.9 Å². The SMILES string of the molecule is COc1ccc(S(=O)(=O)N2CCN(C(C)c3nc(OC)c4ccccc4n3)CC2)cc1. The van der Waals surface area contributed by atoms with Crippen LogP contribution < -0.4 is 9.47 Å². The van der Waals surface area contributed by atoms with Gasteiger partial charge in [-0.05, 0) is 43.3 Å². The highest BCUT2D eigenvalue weighted by Gasteiger charge is 2.31. The van der Waals surface area contributed by atoms with Gasteiger partial charge in [0.15, 0.2) is 0 Å². The highest BCUT2D eigenvalue weighted by Crippen LogP contribution is 2.28. The normalized spacial score (nSPS) is 16.9. The van der Waals surface area contributed by atoms with Crippen molar-refractivity contribution in [2.75, 3.05) is 40.4 Å². The standard InChI is InChI=1S/C22H26N4O4S/c1-16(21-23-20-7-5-4-6-19(20)22(24-21)30-3)25-12-14-26(15-13-25)31(27,28)18-10-8-17(29-2)9-11-18/h4-11,16H,12-15H2,1-3H3. The quantitative estimate of drug-likeness (QED) is 0.580. The first kappa shape index (κ1) is 21.5. The second-order valence-electron chi connectivity index (χ2n) is 7.40. The van der Waals surface area contributed by atoms with Crippen molar-refractivity contribution < 1.29 is 17.9 Å². The van der Waals surface area contributed by atoms with E-state index in [1.807, 2.05) is 31.2 Å². The van der Waals surface area contributed by atoms with Gasteiger partial charge in [-0.3, -0.25) is 4.90 Å². The first-order valence-corrected chi connectivity index (χ1v) is 11.6. The second-order valence-corrected chi connectivity index (χ2v) is 9.34. The highest BCUT2D eigenvalue weighted by molar-refractivity contribution is 7.89. The van der Waals surface area contributed by atoms with Gasteiger partial charge in [0, 0.05) is 26.2 Å². The Morgan fingerprint density at radius 3 is 2.23 bits per heavy atom. The summed E-state index contributed by atoms with van der Waals surface area (Å²) >= 11 is 0. The summed E-state index contributed by atoms with van der Waals surface area (Å²) in [6.07, 6.45) is 0. The minimum absolute atomic E-state index is 0.0654. The molecular weight excluding hydrogens is 416 g/mol. The van der Waals surface area contributed by atoms with Gasteiger partial charge >= 0.3 is 0 Å². The molecule has 0 amide bonds. The zero-order chi connectivity index (χ0) is 22.0. The van der Waals surface area contributed by atoms with Crippen molar-refractivity contribution in [2.24, 2.45) is 0 Å². The van der Waals surface area contributed by atoms with Crippen molar-refractivity contribution >= 4 is 20.9 Å². The summed E-state index contributed by atoms with van der Waals surface area (Å²) in [6.45, 7) is 4.04. The number of hydrogen-bond acceptors (Lipinski definition) is 7. The number of aromatic nitrogens is 2. The Morgan fingerprint density at radius 1 is 0.903 bits per heavy atom. The average molecular weight is 443 g/mol. The van der Waals surface area contributed by atoms with Crippen molar-refractivity contribution in [3.05, 3.63) is 54.4 Å². The Morgan fingerprint density at radius 2 is 1.58 bits per heavy atom. The maximum atomic E-state index is 13.0. The molecule has 0 aliphatic carbocycles. The average Bonchev–Trinajstić information content (AvgIpc) is 2.83. The Kier molecular flexibility index (Phi) is 6.08. The number of nitrogens with zero attached hydrogens (tertiary/aromatic N) is 4. The smallest absolute Gasteiger partial charge is 0.243 e. The molecule has 2 aromatic carbocycles. The van der Waals surface area contributed by atoms with Crippen LogP contribution in [0.2, 0.25) is 0 Å². The zero-order valence-electron chi connectivity index (χ0n) is 17.9. The molecule has 1 unspecified atom stereocenters. The molecule has 2 heterocycles. The van der Waals surface area contributed by atoms with Crippen LogP contribution in [0.5, 0.6) is 11.6 Å². The van der Waals surface area contributed by atoms with Crippen LogP contribution in [0.3, 0.4) is 0 Å². The number of ether oxygens (including phenoxy) is 2. The van der Waals surface area contributed by atoms with Crippen molar-refractivity contribution in [2.45, 2.75) is 17.9 Å². The second kappa shape index (κ2) is 8.78. The lowest BCUT2D eigenvalue weighted by Crippen LogP contribution is -2.49. The van der Waals surface area contributed by atoms with E-state index >= 15 is 0 Å². The first-order valence-electron chi connectivity index (χ1n) is 10.1. The van der Waals surface area contributed by atoms with Gasteiger partial charge < -0.3 is 9.47 Å². The lowest BCUT2D eigenvalue weighted by Gasteiger charge is -2.36. The summed E-state index contributed by atoms with van der Waals surface area (Å²) in [5.74, 6) is 1.85. The van der Waals surface area contributed by atoms with Crippen LogP contribution in [0.4, 0.5) is 0 Å². The van der Waals surface area contributed by atoms with Crippen LogP contribution in [0, 0.1) is 0 Å². The third kappa shape index (κ3) is 4.21. The number of hydrogen-bond donors (Lipinski definition) is 0. The summed E-state index contributed by atoms with van der Waals surface area (Å²) in [6, 6.07) is 14.2. The summed E-state index contributed by atoms with van der Waals surface area (Å²) in [5, 5.41) is 0.872. The Labute approximate surface area is 182 Å². The molecule has 0 bridgehead atoms.